The normalized spacial score (nSPS) is 10.7. The molecule has 0 unspecified atom stereocenters. The Kier molecular flexibility index (Phi) is 5.59. The number of benzene rings is 3. The van der Waals surface area contributed by atoms with Crippen LogP contribution in [0, 0.1) is 0 Å². The molecular weight excluding hydrogens is 310 g/mol. The fourth-order valence-electron chi connectivity index (χ4n) is 2.63. The molecule has 120 valence electrons. The molecule has 0 radical (unpaired) electrons. The molecule has 0 atom stereocenters. The maximum atomic E-state index is 12.6. The van der Waals surface area contributed by atoms with E-state index >= 15 is 0 Å². The SMILES string of the molecule is CN(C)CCOC(=O)c1c2ccccc2cc2ccccc12.Cl. The van der Waals surface area contributed by atoms with Crippen LogP contribution in [0.25, 0.3) is 21.5 Å². The molecule has 0 aliphatic rings. The number of carbonyl (C=O) groups is 1. The molecule has 3 rings (SSSR count). The van der Waals surface area contributed by atoms with Crippen LogP contribution in [-0.2, 0) is 4.74 Å². The third-order valence-electron chi connectivity index (χ3n) is 3.75. The molecule has 3 nitrogen and oxygen atoms in total. The summed E-state index contributed by atoms with van der Waals surface area (Å²) in [5.74, 6) is -0.255. The van der Waals surface area contributed by atoms with E-state index in [0.717, 1.165) is 21.5 Å². The van der Waals surface area contributed by atoms with Gasteiger partial charge in [0, 0.05) is 6.54 Å². The third kappa shape index (κ3) is 3.63. The van der Waals surface area contributed by atoms with E-state index in [2.05, 4.69) is 6.07 Å². The standard InChI is InChI=1S/C19H19NO2.ClH/c1-20(2)11-12-22-19(21)18-16-9-5-3-7-14(16)13-15-8-4-6-10-17(15)18;/h3-10,13H,11-12H2,1-2H3;1H. The van der Waals surface area contributed by atoms with E-state index in [1.807, 2.05) is 67.5 Å². The van der Waals surface area contributed by atoms with Crippen LogP contribution in [0.3, 0.4) is 0 Å². The first-order valence-electron chi connectivity index (χ1n) is 7.39. The van der Waals surface area contributed by atoms with Crippen molar-refractivity contribution in [2.75, 3.05) is 27.2 Å². The number of esters is 1. The van der Waals surface area contributed by atoms with Crippen LogP contribution in [0.15, 0.2) is 54.6 Å². The number of halogens is 1. The summed E-state index contributed by atoms with van der Waals surface area (Å²) in [6, 6.07) is 18.0. The van der Waals surface area contributed by atoms with Gasteiger partial charge in [-0.05, 0) is 41.7 Å². The Morgan fingerprint density at radius 3 is 2.00 bits per heavy atom. The smallest absolute Gasteiger partial charge is 0.339 e. The molecule has 0 heterocycles. The maximum absolute atomic E-state index is 12.6. The maximum Gasteiger partial charge on any atom is 0.339 e. The molecule has 0 saturated carbocycles. The second-order valence-corrected chi connectivity index (χ2v) is 5.63. The summed E-state index contributed by atoms with van der Waals surface area (Å²) >= 11 is 0. The summed E-state index contributed by atoms with van der Waals surface area (Å²) < 4.78 is 5.47. The summed E-state index contributed by atoms with van der Waals surface area (Å²) in [7, 11) is 3.92. The first-order valence-corrected chi connectivity index (χ1v) is 7.39. The lowest BCUT2D eigenvalue weighted by Crippen LogP contribution is -2.20. The third-order valence-corrected chi connectivity index (χ3v) is 3.75. The lowest BCUT2D eigenvalue weighted by molar-refractivity contribution is 0.0486. The minimum Gasteiger partial charge on any atom is -0.461 e. The van der Waals surface area contributed by atoms with Crippen LogP contribution in [0.5, 0.6) is 0 Å². The van der Waals surface area contributed by atoms with Gasteiger partial charge in [0.25, 0.3) is 0 Å². The zero-order valence-corrected chi connectivity index (χ0v) is 14.1. The van der Waals surface area contributed by atoms with E-state index < -0.39 is 0 Å². The molecule has 0 aliphatic heterocycles. The van der Waals surface area contributed by atoms with Gasteiger partial charge in [0.2, 0.25) is 0 Å². The number of hydrogen-bond donors (Lipinski definition) is 0. The van der Waals surface area contributed by atoms with Crippen molar-refractivity contribution in [2.24, 2.45) is 0 Å². The van der Waals surface area contributed by atoms with Crippen molar-refractivity contribution in [3.05, 3.63) is 60.2 Å². The van der Waals surface area contributed by atoms with Gasteiger partial charge in [0.1, 0.15) is 6.61 Å². The van der Waals surface area contributed by atoms with Gasteiger partial charge >= 0.3 is 5.97 Å². The quantitative estimate of drug-likeness (QED) is 0.532. The summed E-state index contributed by atoms with van der Waals surface area (Å²) in [4.78, 5) is 14.6. The fourth-order valence-corrected chi connectivity index (χ4v) is 2.63. The number of nitrogens with zero attached hydrogens (tertiary/aromatic N) is 1. The second-order valence-electron chi connectivity index (χ2n) is 5.63. The minimum atomic E-state index is -0.255. The Balaban J connectivity index is 0.00000192. The van der Waals surface area contributed by atoms with Gasteiger partial charge in [0.15, 0.2) is 0 Å². The molecule has 0 saturated heterocycles. The molecule has 0 bridgehead atoms. The fraction of sp³-hybridized carbons (Fsp3) is 0.211. The summed E-state index contributed by atoms with van der Waals surface area (Å²) in [6.07, 6.45) is 0. The van der Waals surface area contributed by atoms with Gasteiger partial charge in [0.05, 0.1) is 5.56 Å². The molecule has 3 aromatic carbocycles. The first kappa shape index (κ1) is 17.3. The molecule has 0 spiro atoms. The van der Waals surface area contributed by atoms with Crippen LogP contribution in [0.1, 0.15) is 10.4 Å². The van der Waals surface area contributed by atoms with Crippen molar-refractivity contribution in [1.82, 2.24) is 4.90 Å². The van der Waals surface area contributed by atoms with Crippen LogP contribution in [-0.4, -0.2) is 38.1 Å². The number of hydrogen-bond acceptors (Lipinski definition) is 3. The number of likely N-dealkylation sites (N-methyl/N-ethyl adjacent to an activating group) is 1. The van der Waals surface area contributed by atoms with Gasteiger partial charge < -0.3 is 9.64 Å². The van der Waals surface area contributed by atoms with E-state index in [1.165, 1.54) is 0 Å². The highest BCUT2D eigenvalue weighted by molar-refractivity contribution is 6.16. The number of rotatable bonds is 4. The average Bonchev–Trinajstić information content (AvgIpc) is 2.52. The van der Waals surface area contributed by atoms with Crippen LogP contribution in [0.2, 0.25) is 0 Å². The Morgan fingerprint density at radius 2 is 1.48 bits per heavy atom. The van der Waals surface area contributed by atoms with Crippen LogP contribution in [0.4, 0.5) is 0 Å². The lowest BCUT2D eigenvalue weighted by atomic mass is 9.97. The van der Waals surface area contributed by atoms with E-state index in [4.69, 9.17) is 4.74 Å². The van der Waals surface area contributed by atoms with E-state index in [9.17, 15) is 4.79 Å². The van der Waals surface area contributed by atoms with Crippen molar-refractivity contribution in [2.45, 2.75) is 0 Å². The molecule has 23 heavy (non-hydrogen) atoms. The zero-order chi connectivity index (χ0) is 15.5. The lowest BCUT2D eigenvalue weighted by Gasteiger charge is -2.13. The van der Waals surface area contributed by atoms with Crippen molar-refractivity contribution >= 4 is 39.9 Å². The van der Waals surface area contributed by atoms with Gasteiger partial charge in [-0.2, -0.15) is 0 Å². The van der Waals surface area contributed by atoms with E-state index in [-0.39, 0.29) is 18.4 Å². The number of carbonyl (C=O) groups excluding carboxylic acids is 1. The zero-order valence-electron chi connectivity index (χ0n) is 13.3. The van der Waals surface area contributed by atoms with Gasteiger partial charge in [-0.3, -0.25) is 0 Å². The molecule has 4 heteroatoms. The molecule has 0 aromatic heterocycles. The molecule has 0 aliphatic carbocycles. The van der Waals surface area contributed by atoms with Crippen LogP contribution < -0.4 is 0 Å². The second kappa shape index (κ2) is 7.44. The average molecular weight is 330 g/mol. The predicted octanol–water partition coefficient (Wildman–Crippen LogP) is 4.13. The topological polar surface area (TPSA) is 29.5 Å². The molecule has 0 fully saturated rings. The van der Waals surface area contributed by atoms with Gasteiger partial charge in [-0.25, -0.2) is 4.79 Å². The Labute approximate surface area is 142 Å². The highest BCUT2D eigenvalue weighted by Gasteiger charge is 2.15. The van der Waals surface area contributed by atoms with E-state index in [1.54, 1.807) is 0 Å². The molecule has 0 N–H and O–H groups in total. The first-order chi connectivity index (χ1) is 10.7. The summed E-state index contributed by atoms with van der Waals surface area (Å²) in [5, 5.41) is 3.99. The summed E-state index contributed by atoms with van der Waals surface area (Å²) in [5.41, 5.74) is 0.660. The van der Waals surface area contributed by atoms with E-state index in [0.29, 0.717) is 18.7 Å². The van der Waals surface area contributed by atoms with Crippen molar-refractivity contribution in [1.29, 1.82) is 0 Å². The van der Waals surface area contributed by atoms with Crippen LogP contribution >= 0.6 is 12.4 Å². The van der Waals surface area contributed by atoms with Gasteiger partial charge in [-0.15, -0.1) is 12.4 Å². The monoisotopic (exact) mass is 329 g/mol. The predicted molar refractivity (Wildman–Crippen MR) is 97.5 cm³/mol. The van der Waals surface area contributed by atoms with Crippen molar-refractivity contribution in [3.63, 3.8) is 0 Å². The van der Waals surface area contributed by atoms with Gasteiger partial charge in [-0.1, -0.05) is 48.5 Å². The summed E-state index contributed by atoms with van der Waals surface area (Å²) in [6.45, 7) is 1.11. The molecular formula is C19H20ClNO2. The number of ether oxygens (including phenoxy) is 1. The molecule has 0 amide bonds. The highest BCUT2D eigenvalue weighted by Crippen LogP contribution is 2.28. The Hall–Kier alpha value is -2.10. The Morgan fingerprint density at radius 1 is 0.957 bits per heavy atom. The minimum absolute atomic E-state index is 0. The Bertz CT molecular complexity index is 776. The largest absolute Gasteiger partial charge is 0.461 e. The van der Waals surface area contributed by atoms with Crippen molar-refractivity contribution < 1.29 is 9.53 Å². The highest BCUT2D eigenvalue weighted by atomic mass is 35.5. The molecule has 3 aromatic rings. The number of fused-ring (bicyclic) bond motifs is 2. The van der Waals surface area contributed by atoms with Crippen molar-refractivity contribution in [3.8, 4) is 0 Å².